The molecule has 1 aromatic carbocycles. The predicted octanol–water partition coefficient (Wildman–Crippen LogP) is 1.60. The van der Waals surface area contributed by atoms with Crippen LogP contribution in [0, 0.1) is 0 Å². The Morgan fingerprint density at radius 1 is 1.23 bits per heavy atom. The van der Waals surface area contributed by atoms with Gasteiger partial charge in [-0.15, -0.1) is 5.10 Å². The van der Waals surface area contributed by atoms with Crippen molar-refractivity contribution in [3.63, 3.8) is 0 Å². The summed E-state index contributed by atoms with van der Waals surface area (Å²) >= 11 is 0. The van der Waals surface area contributed by atoms with Crippen LogP contribution in [0.15, 0.2) is 36.5 Å². The molecule has 0 unspecified atom stereocenters. The van der Waals surface area contributed by atoms with Crippen LogP contribution in [0.1, 0.15) is 24.6 Å². The number of amides is 2. The third kappa shape index (κ3) is 3.96. The molecular weight excluding hydrogens is 334 g/mol. The van der Waals surface area contributed by atoms with Crippen LogP contribution in [0.4, 0.5) is 4.79 Å². The van der Waals surface area contributed by atoms with Gasteiger partial charge in [-0.05, 0) is 25.0 Å². The van der Waals surface area contributed by atoms with Gasteiger partial charge < -0.3 is 19.7 Å². The molecule has 0 atom stereocenters. The van der Waals surface area contributed by atoms with Gasteiger partial charge in [0.2, 0.25) is 0 Å². The Balaban J connectivity index is 1.23. The lowest BCUT2D eigenvalue weighted by atomic mass is 10.1. The summed E-state index contributed by atoms with van der Waals surface area (Å²) in [7, 11) is 0. The van der Waals surface area contributed by atoms with Crippen LogP contribution in [0.25, 0.3) is 0 Å². The summed E-state index contributed by atoms with van der Waals surface area (Å²) in [5.74, 6) is 0.807. The molecule has 2 aliphatic heterocycles. The van der Waals surface area contributed by atoms with E-state index in [0.29, 0.717) is 19.7 Å². The van der Waals surface area contributed by atoms with E-state index < -0.39 is 0 Å². The maximum absolute atomic E-state index is 12.2. The topological polar surface area (TPSA) is 81.5 Å². The maximum atomic E-state index is 12.2. The number of likely N-dealkylation sites (tertiary alicyclic amines) is 1. The van der Waals surface area contributed by atoms with Crippen molar-refractivity contribution >= 4 is 6.03 Å². The lowest BCUT2D eigenvalue weighted by Crippen LogP contribution is -2.56. The number of nitrogens with one attached hydrogen (secondary N) is 1. The van der Waals surface area contributed by atoms with Crippen molar-refractivity contribution in [3.8, 4) is 5.75 Å². The minimum absolute atomic E-state index is 0.000833. The first-order chi connectivity index (χ1) is 12.8. The maximum Gasteiger partial charge on any atom is 0.317 e. The van der Waals surface area contributed by atoms with Crippen molar-refractivity contribution in [3.05, 3.63) is 42.2 Å². The van der Waals surface area contributed by atoms with E-state index in [-0.39, 0.29) is 18.1 Å². The van der Waals surface area contributed by atoms with Gasteiger partial charge in [-0.2, -0.15) is 0 Å². The van der Waals surface area contributed by atoms with E-state index in [0.717, 1.165) is 37.5 Å². The van der Waals surface area contributed by atoms with Gasteiger partial charge in [0.1, 0.15) is 18.1 Å². The lowest BCUT2D eigenvalue weighted by molar-refractivity contribution is 0.0722. The van der Waals surface area contributed by atoms with Crippen molar-refractivity contribution in [2.75, 3.05) is 26.3 Å². The molecule has 1 N–H and O–H groups in total. The van der Waals surface area contributed by atoms with E-state index in [9.17, 15) is 4.79 Å². The van der Waals surface area contributed by atoms with Gasteiger partial charge in [0.25, 0.3) is 0 Å². The van der Waals surface area contributed by atoms with Gasteiger partial charge in [-0.1, -0.05) is 23.4 Å². The zero-order valence-corrected chi connectivity index (χ0v) is 14.6. The fourth-order valence-electron chi connectivity index (χ4n) is 3.13. The number of benzene rings is 1. The number of ether oxygens (including phenoxy) is 2. The molecule has 0 saturated carbocycles. The summed E-state index contributed by atoms with van der Waals surface area (Å²) in [6, 6.07) is 10.0. The molecule has 0 radical (unpaired) electrons. The Morgan fingerprint density at radius 2 is 2.00 bits per heavy atom. The molecule has 1 aromatic heterocycles. The predicted molar refractivity (Wildman–Crippen MR) is 93.8 cm³/mol. The number of nitrogens with zero attached hydrogens (tertiary/aromatic N) is 4. The van der Waals surface area contributed by atoms with Gasteiger partial charge in [0.15, 0.2) is 0 Å². The largest absolute Gasteiger partial charge is 0.487 e. The molecule has 4 rings (SSSR count). The second-order valence-electron chi connectivity index (χ2n) is 6.69. The molecule has 3 heterocycles. The molecule has 0 aliphatic carbocycles. The number of carbonyl (C=O) groups is 1. The molecule has 2 aliphatic rings. The van der Waals surface area contributed by atoms with Gasteiger partial charge in [0, 0.05) is 32.3 Å². The minimum Gasteiger partial charge on any atom is -0.487 e. The van der Waals surface area contributed by atoms with Crippen LogP contribution < -0.4 is 10.1 Å². The molecule has 2 saturated heterocycles. The first kappa shape index (κ1) is 16.8. The molecule has 8 heteroatoms. The standard InChI is InChI=1S/C18H23N5O3/c24-18(19-14-6-8-25-9-7-14)22-11-16(12-22)23-10-15(20-21-23)13-26-17-4-2-1-3-5-17/h1-5,10,14,16H,6-9,11-13H2,(H,19,24). The third-order valence-electron chi connectivity index (χ3n) is 4.76. The first-order valence-corrected chi connectivity index (χ1v) is 8.99. The number of rotatable bonds is 5. The lowest BCUT2D eigenvalue weighted by Gasteiger charge is -2.39. The van der Waals surface area contributed by atoms with Crippen molar-refractivity contribution in [1.82, 2.24) is 25.2 Å². The third-order valence-corrected chi connectivity index (χ3v) is 4.76. The number of urea groups is 1. The van der Waals surface area contributed by atoms with E-state index in [1.807, 2.05) is 46.1 Å². The molecule has 138 valence electrons. The van der Waals surface area contributed by atoms with E-state index in [1.165, 1.54) is 0 Å². The second kappa shape index (κ2) is 7.74. The molecule has 0 bridgehead atoms. The van der Waals surface area contributed by atoms with E-state index in [2.05, 4.69) is 15.6 Å². The van der Waals surface area contributed by atoms with Crippen LogP contribution in [0.3, 0.4) is 0 Å². The van der Waals surface area contributed by atoms with E-state index >= 15 is 0 Å². The Morgan fingerprint density at radius 3 is 2.77 bits per heavy atom. The highest BCUT2D eigenvalue weighted by Crippen LogP contribution is 2.21. The van der Waals surface area contributed by atoms with Gasteiger partial charge in [-0.3, -0.25) is 0 Å². The fraction of sp³-hybridized carbons (Fsp3) is 0.500. The first-order valence-electron chi connectivity index (χ1n) is 8.99. The number of para-hydroxylation sites is 1. The highest BCUT2D eigenvalue weighted by atomic mass is 16.5. The van der Waals surface area contributed by atoms with Crippen LogP contribution in [0.5, 0.6) is 5.75 Å². The SMILES string of the molecule is O=C(NC1CCOCC1)N1CC(n2cc(COc3ccccc3)nn2)C1. The average Bonchev–Trinajstić information content (AvgIpc) is 3.09. The quantitative estimate of drug-likeness (QED) is 0.879. The molecule has 2 fully saturated rings. The van der Waals surface area contributed by atoms with E-state index in [1.54, 1.807) is 0 Å². The second-order valence-corrected chi connectivity index (χ2v) is 6.69. The smallest absolute Gasteiger partial charge is 0.317 e. The summed E-state index contributed by atoms with van der Waals surface area (Å²) in [5, 5.41) is 11.4. The van der Waals surface area contributed by atoms with Gasteiger partial charge >= 0.3 is 6.03 Å². The Hall–Kier alpha value is -2.61. The van der Waals surface area contributed by atoms with Crippen LogP contribution in [-0.4, -0.2) is 58.3 Å². The molecular formula is C18H23N5O3. The summed E-state index contributed by atoms with van der Waals surface area (Å²) in [6.07, 6.45) is 3.66. The van der Waals surface area contributed by atoms with Crippen molar-refractivity contribution < 1.29 is 14.3 Å². The number of hydrogen-bond donors (Lipinski definition) is 1. The van der Waals surface area contributed by atoms with Crippen molar-refractivity contribution in [2.45, 2.75) is 31.5 Å². The van der Waals surface area contributed by atoms with Crippen LogP contribution in [0.2, 0.25) is 0 Å². The Kier molecular flexibility index (Phi) is 5.01. The zero-order valence-electron chi connectivity index (χ0n) is 14.6. The van der Waals surface area contributed by atoms with Crippen molar-refractivity contribution in [1.29, 1.82) is 0 Å². The zero-order chi connectivity index (χ0) is 17.8. The van der Waals surface area contributed by atoms with Crippen LogP contribution in [-0.2, 0) is 11.3 Å². The summed E-state index contributed by atoms with van der Waals surface area (Å²) in [6.45, 7) is 3.13. The highest BCUT2D eigenvalue weighted by Gasteiger charge is 2.33. The number of carbonyl (C=O) groups excluding carboxylic acids is 1. The average molecular weight is 357 g/mol. The monoisotopic (exact) mass is 357 g/mol. The van der Waals surface area contributed by atoms with Crippen molar-refractivity contribution in [2.24, 2.45) is 0 Å². The van der Waals surface area contributed by atoms with Gasteiger partial charge in [0.05, 0.1) is 12.2 Å². The molecule has 26 heavy (non-hydrogen) atoms. The molecule has 2 amide bonds. The van der Waals surface area contributed by atoms with E-state index in [4.69, 9.17) is 9.47 Å². The molecule has 8 nitrogen and oxygen atoms in total. The molecule has 2 aromatic rings. The normalized spacial score (nSPS) is 18.4. The Labute approximate surface area is 152 Å². The van der Waals surface area contributed by atoms with Crippen LogP contribution >= 0.6 is 0 Å². The fourth-order valence-corrected chi connectivity index (χ4v) is 3.13. The summed E-state index contributed by atoms with van der Waals surface area (Å²) in [4.78, 5) is 14.1. The summed E-state index contributed by atoms with van der Waals surface area (Å²) in [5.41, 5.74) is 0.777. The minimum atomic E-state index is 0.000833. The Bertz CT molecular complexity index is 723. The molecule has 0 spiro atoms. The highest BCUT2D eigenvalue weighted by molar-refractivity contribution is 5.75. The van der Waals surface area contributed by atoms with Gasteiger partial charge in [-0.25, -0.2) is 9.48 Å². The summed E-state index contributed by atoms with van der Waals surface area (Å²) < 4.78 is 12.8. The number of hydrogen-bond acceptors (Lipinski definition) is 5. The number of aromatic nitrogens is 3.